The molecule has 2 aromatic heterocycles. The number of furan rings is 1. The summed E-state index contributed by atoms with van der Waals surface area (Å²) < 4.78 is 12.6. The molecular formula is C29H28N2O5S. The van der Waals surface area contributed by atoms with E-state index < -0.39 is 17.7 Å². The highest BCUT2D eigenvalue weighted by atomic mass is 32.1. The van der Waals surface area contributed by atoms with Crippen molar-refractivity contribution in [1.82, 2.24) is 4.98 Å². The third kappa shape index (κ3) is 4.53. The molecule has 8 heteroatoms. The van der Waals surface area contributed by atoms with Crippen molar-refractivity contribution in [3.8, 4) is 5.75 Å². The van der Waals surface area contributed by atoms with E-state index in [1.807, 2.05) is 26.0 Å². The van der Waals surface area contributed by atoms with Crippen molar-refractivity contribution in [3.05, 3.63) is 82.3 Å². The normalized spacial score (nSPS) is 17.2. The zero-order chi connectivity index (χ0) is 26.3. The van der Waals surface area contributed by atoms with Gasteiger partial charge in [-0.05, 0) is 68.7 Å². The second-order valence-corrected chi connectivity index (χ2v) is 10.3. The molecular weight excluding hydrogens is 488 g/mol. The van der Waals surface area contributed by atoms with Crippen LogP contribution in [0.2, 0.25) is 0 Å². The molecule has 1 saturated heterocycles. The molecule has 5 rings (SSSR count). The molecule has 0 spiro atoms. The van der Waals surface area contributed by atoms with Crippen molar-refractivity contribution < 1.29 is 23.8 Å². The lowest BCUT2D eigenvalue weighted by Crippen LogP contribution is -2.29. The van der Waals surface area contributed by atoms with E-state index in [-0.39, 0.29) is 11.3 Å². The lowest BCUT2D eigenvalue weighted by molar-refractivity contribution is -0.132. The second kappa shape index (κ2) is 9.86. The smallest absolute Gasteiger partial charge is 0.302 e. The Morgan fingerprint density at radius 3 is 2.68 bits per heavy atom. The highest BCUT2D eigenvalue weighted by Gasteiger charge is 2.49. The fourth-order valence-corrected chi connectivity index (χ4v) is 5.75. The Labute approximate surface area is 219 Å². The number of ether oxygens (including phenoxy) is 1. The van der Waals surface area contributed by atoms with Crippen molar-refractivity contribution in [3.63, 3.8) is 0 Å². The lowest BCUT2D eigenvalue weighted by atomic mass is 9.99. The van der Waals surface area contributed by atoms with Gasteiger partial charge < -0.3 is 14.3 Å². The van der Waals surface area contributed by atoms with Crippen LogP contribution in [0.3, 0.4) is 0 Å². The number of carbonyl (C=O) groups excluding carboxylic acids is 2. The number of fused-ring (bicyclic) bond motifs is 1. The van der Waals surface area contributed by atoms with Crippen LogP contribution in [0, 0.1) is 20.8 Å². The molecule has 1 N–H and O–H groups in total. The van der Waals surface area contributed by atoms with E-state index >= 15 is 0 Å². The minimum atomic E-state index is -0.958. The van der Waals surface area contributed by atoms with Crippen molar-refractivity contribution in [1.29, 1.82) is 0 Å². The Kier molecular flexibility index (Phi) is 6.60. The number of aromatic nitrogens is 1. The van der Waals surface area contributed by atoms with Gasteiger partial charge in [-0.25, -0.2) is 4.98 Å². The topological polar surface area (TPSA) is 92.9 Å². The third-order valence-electron chi connectivity index (χ3n) is 6.37. The van der Waals surface area contributed by atoms with Crippen LogP contribution in [-0.4, -0.2) is 28.4 Å². The molecule has 2 aromatic carbocycles. The molecule has 4 aromatic rings. The van der Waals surface area contributed by atoms with Crippen molar-refractivity contribution in [2.24, 2.45) is 0 Å². The number of hydrogen-bond acceptors (Lipinski definition) is 7. The van der Waals surface area contributed by atoms with Crippen LogP contribution in [-0.2, 0) is 9.59 Å². The van der Waals surface area contributed by atoms with Gasteiger partial charge >= 0.3 is 5.91 Å². The number of thiazole rings is 1. The van der Waals surface area contributed by atoms with Gasteiger partial charge in [-0.1, -0.05) is 42.9 Å². The Morgan fingerprint density at radius 2 is 1.95 bits per heavy atom. The van der Waals surface area contributed by atoms with Crippen molar-refractivity contribution in [2.75, 3.05) is 11.5 Å². The Morgan fingerprint density at radius 1 is 1.14 bits per heavy atom. The highest BCUT2D eigenvalue weighted by molar-refractivity contribution is 7.22. The fraction of sp³-hybridized carbons (Fsp3) is 0.276. The van der Waals surface area contributed by atoms with E-state index in [1.54, 1.807) is 43.3 Å². The van der Waals surface area contributed by atoms with Crippen LogP contribution in [0.1, 0.15) is 54.0 Å². The first-order chi connectivity index (χ1) is 17.8. The molecule has 0 radical (unpaired) electrons. The number of aliphatic hydroxyl groups excluding tert-OH is 1. The SMILES string of the molecule is CCCCOc1cccc(/C(O)=C2\C(=O)C(=O)N(c3nc4c(C)cc(C)cc4s3)C2c2ccc(C)o2)c1. The van der Waals surface area contributed by atoms with Crippen LogP contribution in [0.5, 0.6) is 5.75 Å². The van der Waals surface area contributed by atoms with Gasteiger partial charge in [0.25, 0.3) is 5.78 Å². The van der Waals surface area contributed by atoms with E-state index in [4.69, 9.17) is 14.1 Å². The van der Waals surface area contributed by atoms with Crippen LogP contribution in [0.4, 0.5) is 5.13 Å². The van der Waals surface area contributed by atoms with Gasteiger partial charge in [-0.2, -0.15) is 0 Å². The second-order valence-electron chi connectivity index (χ2n) is 9.27. The monoisotopic (exact) mass is 516 g/mol. The number of rotatable bonds is 7. The molecule has 1 amide bonds. The molecule has 7 nitrogen and oxygen atoms in total. The van der Waals surface area contributed by atoms with Crippen molar-refractivity contribution in [2.45, 2.75) is 46.6 Å². The number of nitrogens with zero attached hydrogens (tertiary/aromatic N) is 2. The van der Waals surface area contributed by atoms with E-state index in [2.05, 4.69) is 6.92 Å². The summed E-state index contributed by atoms with van der Waals surface area (Å²) in [7, 11) is 0. The van der Waals surface area contributed by atoms with Gasteiger partial charge in [0.15, 0.2) is 5.13 Å². The number of aryl methyl sites for hydroxylation is 3. The molecule has 1 aliphatic heterocycles. The largest absolute Gasteiger partial charge is 0.507 e. The molecule has 190 valence electrons. The standard InChI is InChI=1S/C29H28N2O5S/c1-5-6-12-35-20-9-7-8-19(15-20)26(32)23-25(21-11-10-18(4)36-21)31(28(34)27(23)33)29-30-24-17(3)13-16(2)14-22(24)37-29/h7-11,13-15,25,32H,5-6,12H2,1-4H3/b26-23+. The van der Waals surface area contributed by atoms with E-state index in [1.165, 1.54) is 16.2 Å². The molecule has 0 bridgehead atoms. The number of Topliss-reactive ketones (excluding diaryl/α,β-unsaturated/α-hetero) is 1. The molecule has 3 heterocycles. The molecule has 1 unspecified atom stereocenters. The van der Waals surface area contributed by atoms with Crippen LogP contribution in [0.25, 0.3) is 16.0 Å². The summed E-state index contributed by atoms with van der Waals surface area (Å²) in [6.07, 6.45) is 1.90. The van der Waals surface area contributed by atoms with Gasteiger partial charge in [0, 0.05) is 5.56 Å². The van der Waals surface area contributed by atoms with Crippen LogP contribution in [0.15, 0.2) is 58.5 Å². The quantitative estimate of drug-likeness (QED) is 0.128. The molecule has 0 saturated carbocycles. The number of benzene rings is 2. The number of ketones is 1. The molecule has 1 fully saturated rings. The minimum absolute atomic E-state index is 0.0442. The van der Waals surface area contributed by atoms with Gasteiger partial charge in [0.2, 0.25) is 0 Å². The Hall–Kier alpha value is -3.91. The first kappa shape index (κ1) is 24.8. The summed E-state index contributed by atoms with van der Waals surface area (Å²) in [6.45, 7) is 8.39. The van der Waals surface area contributed by atoms with E-state index in [0.29, 0.717) is 34.6 Å². The van der Waals surface area contributed by atoms with Gasteiger partial charge in [0.05, 0.1) is 22.4 Å². The fourth-order valence-electron chi connectivity index (χ4n) is 4.58. The van der Waals surface area contributed by atoms with E-state index in [9.17, 15) is 14.7 Å². The predicted molar refractivity (Wildman–Crippen MR) is 144 cm³/mol. The number of amides is 1. The first-order valence-electron chi connectivity index (χ1n) is 12.3. The Bertz CT molecular complexity index is 1550. The maximum Gasteiger partial charge on any atom is 0.302 e. The maximum absolute atomic E-state index is 13.4. The zero-order valence-electron chi connectivity index (χ0n) is 21.2. The third-order valence-corrected chi connectivity index (χ3v) is 7.38. The van der Waals surface area contributed by atoms with Gasteiger partial charge in [-0.3, -0.25) is 14.5 Å². The lowest BCUT2D eigenvalue weighted by Gasteiger charge is -2.20. The number of unbranched alkanes of at least 4 members (excludes halogenated alkanes) is 1. The summed E-state index contributed by atoms with van der Waals surface area (Å²) in [6, 6.07) is 13.5. The first-order valence-corrected chi connectivity index (χ1v) is 13.1. The maximum atomic E-state index is 13.4. The van der Waals surface area contributed by atoms with Crippen LogP contribution < -0.4 is 9.64 Å². The molecule has 37 heavy (non-hydrogen) atoms. The van der Waals surface area contributed by atoms with Gasteiger partial charge in [0.1, 0.15) is 29.1 Å². The summed E-state index contributed by atoms with van der Waals surface area (Å²) in [5.41, 5.74) is 3.19. The summed E-state index contributed by atoms with van der Waals surface area (Å²) in [5.74, 6) is -0.253. The summed E-state index contributed by atoms with van der Waals surface area (Å²) >= 11 is 1.33. The summed E-state index contributed by atoms with van der Waals surface area (Å²) in [5, 5.41) is 11.8. The zero-order valence-corrected chi connectivity index (χ0v) is 22.0. The molecule has 1 atom stereocenters. The Balaban J connectivity index is 1.65. The minimum Gasteiger partial charge on any atom is -0.507 e. The number of hydrogen-bond donors (Lipinski definition) is 1. The van der Waals surface area contributed by atoms with Gasteiger partial charge in [-0.15, -0.1) is 0 Å². The average molecular weight is 517 g/mol. The molecule has 0 aliphatic carbocycles. The van der Waals surface area contributed by atoms with E-state index in [0.717, 1.165) is 34.2 Å². The van der Waals surface area contributed by atoms with Crippen molar-refractivity contribution >= 4 is 44.1 Å². The number of anilines is 1. The molecule has 1 aliphatic rings. The van der Waals surface area contributed by atoms with Crippen LogP contribution >= 0.6 is 11.3 Å². The highest BCUT2D eigenvalue weighted by Crippen LogP contribution is 2.45. The average Bonchev–Trinajstić information content (AvgIpc) is 3.55. The summed E-state index contributed by atoms with van der Waals surface area (Å²) in [4.78, 5) is 32.9. The predicted octanol–water partition coefficient (Wildman–Crippen LogP) is 6.62. The number of aliphatic hydroxyl groups is 1. The number of carbonyl (C=O) groups is 2.